The molecule has 0 amide bonds. The maximum absolute atomic E-state index is 4.96. The van der Waals surface area contributed by atoms with Crippen LogP contribution in [0.4, 0.5) is 5.69 Å². The van der Waals surface area contributed by atoms with Gasteiger partial charge in [0.25, 0.3) is 0 Å². The summed E-state index contributed by atoms with van der Waals surface area (Å²) in [5, 5.41) is 0. The quantitative estimate of drug-likeness (QED) is 0.197. The predicted molar refractivity (Wildman–Crippen MR) is 129 cm³/mol. The second-order valence-electron chi connectivity index (χ2n) is 8.07. The number of fused-ring (bicyclic) bond motifs is 2. The van der Waals surface area contributed by atoms with Crippen LogP contribution in [0.15, 0.2) is 89.9 Å². The van der Waals surface area contributed by atoms with E-state index in [9.17, 15) is 0 Å². The number of aryl methyl sites for hydroxylation is 3. The second kappa shape index (κ2) is 7.77. The number of nitrogens with zero attached hydrogens (tertiary/aromatic N) is 3. The molecule has 0 aliphatic heterocycles. The van der Waals surface area contributed by atoms with Gasteiger partial charge in [-0.15, -0.1) is 4.57 Å². The molecular formula is C28H24N3+. The summed E-state index contributed by atoms with van der Waals surface area (Å²) in [6.07, 6.45) is 1.93. The highest BCUT2D eigenvalue weighted by molar-refractivity contribution is 5.87. The van der Waals surface area contributed by atoms with Gasteiger partial charge in [-0.05, 0) is 49.6 Å². The molecule has 5 aromatic rings. The predicted octanol–water partition coefficient (Wildman–Crippen LogP) is 6.34. The van der Waals surface area contributed by atoms with Crippen LogP contribution >= 0.6 is 0 Å². The summed E-state index contributed by atoms with van der Waals surface area (Å²) >= 11 is 0. The van der Waals surface area contributed by atoms with Crippen molar-refractivity contribution in [1.82, 2.24) is 4.98 Å². The largest absolute Gasteiger partial charge is 0.256 e. The van der Waals surface area contributed by atoms with Gasteiger partial charge >= 0.3 is 0 Å². The topological polar surface area (TPSA) is 29.1 Å². The summed E-state index contributed by atoms with van der Waals surface area (Å²) in [6.45, 7) is 6.30. The van der Waals surface area contributed by atoms with Crippen LogP contribution in [-0.2, 0) is 0 Å². The van der Waals surface area contributed by atoms with Crippen molar-refractivity contribution in [1.29, 1.82) is 0 Å². The molecule has 0 bridgehead atoms. The first-order valence-corrected chi connectivity index (χ1v) is 10.5. The minimum Gasteiger partial charge on any atom is -0.256 e. The van der Waals surface area contributed by atoms with E-state index in [1.54, 1.807) is 0 Å². The molecule has 0 saturated heterocycles. The molecule has 3 nitrogen and oxygen atoms in total. The second-order valence-corrected chi connectivity index (χ2v) is 8.07. The fourth-order valence-corrected chi connectivity index (χ4v) is 3.90. The Morgan fingerprint density at radius 1 is 0.710 bits per heavy atom. The van der Waals surface area contributed by atoms with Gasteiger partial charge in [0.2, 0.25) is 16.7 Å². The molecule has 1 heterocycles. The Bertz CT molecular complexity index is 1430. The van der Waals surface area contributed by atoms with E-state index in [2.05, 4.69) is 104 Å². The highest BCUT2D eigenvalue weighted by Crippen LogP contribution is 2.26. The van der Waals surface area contributed by atoms with E-state index in [0.29, 0.717) is 0 Å². The van der Waals surface area contributed by atoms with Gasteiger partial charge in [-0.3, -0.25) is 4.99 Å². The number of hydrogen-bond acceptors (Lipinski definition) is 2. The Balaban J connectivity index is 1.76. The van der Waals surface area contributed by atoms with Crippen molar-refractivity contribution in [3.8, 4) is 5.69 Å². The third kappa shape index (κ3) is 3.71. The Morgan fingerprint density at radius 2 is 1.42 bits per heavy atom. The van der Waals surface area contributed by atoms with Gasteiger partial charge in [0.05, 0.1) is 5.69 Å². The van der Waals surface area contributed by atoms with E-state index < -0.39 is 0 Å². The smallest absolute Gasteiger partial charge is 0.239 e. The molecule has 5 rings (SSSR count). The monoisotopic (exact) mass is 402 g/mol. The Hall–Kier alpha value is -3.85. The van der Waals surface area contributed by atoms with Gasteiger partial charge in [0.1, 0.15) is 11.0 Å². The van der Waals surface area contributed by atoms with E-state index in [1.807, 2.05) is 12.3 Å². The average Bonchev–Trinajstić information content (AvgIpc) is 2.78. The van der Waals surface area contributed by atoms with E-state index in [-0.39, 0.29) is 0 Å². The molecule has 0 radical (unpaired) electrons. The normalized spacial score (nSPS) is 11.6. The number of hydrogen-bond donors (Lipinski definition) is 0. The molecule has 0 aliphatic carbocycles. The first-order valence-electron chi connectivity index (χ1n) is 10.5. The zero-order valence-corrected chi connectivity index (χ0v) is 18.0. The minimum absolute atomic E-state index is 0.951. The maximum atomic E-state index is 4.96. The molecule has 1 aromatic heterocycles. The third-order valence-corrected chi connectivity index (χ3v) is 5.59. The Labute approximate surface area is 182 Å². The Kier molecular flexibility index (Phi) is 4.79. The molecule has 3 heteroatoms. The summed E-state index contributed by atoms with van der Waals surface area (Å²) in [5.74, 6) is 0. The molecule has 0 aliphatic rings. The summed E-state index contributed by atoms with van der Waals surface area (Å²) < 4.78 is 2.29. The molecule has 0 spiro atoms. The van der Waals surface area contributed by atoms with Crippen LogP contribution in [0.25, 0.3) is 27.8 Å². The molecule has 0 N–H and O–H groups in total. The number of rotatable bonds is 3. The average molecular weight is 403 g/mol. The summed E-state index contributed by atoms with van der Waals surface area (Å²) in [4.78, 5) is 9.78. The molecule has 31 heavy (non-hydrogen) atoms. The van der Waals surface area contributed by atoms with Gasteiger partial charge in [-0.1, -0.05) is 54.1 Å². The van der Waals surface area contributed by atoms with Gasteiger partial charge in [-0.2, -0.15) is 0 Å². The number of aromatic nitrogens is 2. The van der Waals surface area contributed by atoms with Crippen molar-refractivity contribution in [2.45, 2.75) is 20.8 Å². The molecule has 0 atom stereocenters. The van der Waals surface area contributed by atoms with E-state index in [4.69, 9.17) is 9.98 Å². The first kappa shape index (κ1) is 19.1. The van der Waals surface area contributed by atoms with E-state index in [1.165, 1.54) is 11.1 Å². The molecule has 0 fully saturated rings. The highest BCUT2D eigenvalue weighted by Gasteiger charge is 2.20. The van der Waals surface area contributed by atoms with E-state index in [0.717, 1.165) is 44.6 Å². The van der Waals surface area contributed by atoms with Crippen LogP contribution in [0.3, 0.4) is 0 Å². The molecule has 150 valence electrons. The maximum Gasteiger partial charge on any atom is 0.239 e. The van der Waals surface area contributed by atoms with Crippen molar-refractivity contribution in [3.05, 3.63) is 107 Å². The van der Waals surface area contributed by atoms with Crippen molar-refractivity contribution >= 4 is 34.0 Å². The van der Waals surface area contributed by atoms with Crippen LogP contribution < -0.4 is 4.57 Å². The van der Waals surface area contributed by atoms with Gasteiger partial charge in [0, 0.05) is 30.5 Å². The van der Waals surface area contributed by atoms with Crippen LogP contribution in [0, 0.1) is 20.8 Å². The zero-order valence-electron chi connectivity index (χ0n) is 18.0. The van der Waals surface area contributed by atoms with Gasteiger partial charge < -0.3 is 0 Å². The highest BCUT2D eigenvalue weighted by atomic mass is 15.0. The van der Waals surface area contributed by atoms with Gasteiger partial charge in [-0.25, -0.2) is 4.98 Å². The first-order chi connectivity index (χ1) is 15.1. The van der Waals surface area contributed by atoms with Crippen molar-refractivity contribution in [3.63, 3.8) is 0 Å². The molecule has 4 aromatic carbocycles. The number of benzene rings is 4. The molecular weight excluding hydrogens is 378 g/mol. The number of para-hydroxylation sites is 1. The van der Waals surface area contributed by atoms with Crippen LogP contribution in [-0.4, -0.2) is 11.2 Å². The number of aliphatic imine (C=N–C) groups is 1. The summed E-state index contributed by atoms with van der Waals surface area (Å²) in [6, 6.07) is 29.6. The zero-order chi connectivity index (χ0) is 21.4. The van der Waals surface area contributed by atoms with Crippen molar-refractivity contribution < 1.29 is 4.57 Å². The van der Waals surface area contributed by atoms with Gasteiger partial charge in [0.15, 0.2) is 0 Å². The lowest BCUT2D eigenvalue weighted by atomic mass is 10.1. The standard InChI is InChI=1S/C28H24N3/c1-19-9-12-22(13-10-19)18-29-25-17-28-26(16-21(25)3)30-24-14-11-20(2)15-27(24)31(28)23-7-5-4-6-8-23/h4-18H,1-3H3/q+1. The molecule has 0 unspecified atom stereocenters. The fourth-order valence-electron chi connectivity index (χ4n) is 3.90. The summed E-state index contributed by atoms with van der Waals surface area (Å²) in [5.41, 5.74) is 10.8. The molecule has 0 saturated carbocycles. The lowest BCUT2D eigenvalue weighted by Gasteiger charge is -2.08. The van der Waals surface area contributed by atoms with E-state index >= 15 is 0 Å². The summed E-state index contributed by atoms with van der Waals surface area (Å²) in [7, 11) is 0. The van der Waals surface area contributed by atoms with Crippen molar-refractivity contribution in [2.24, 2.45) is 4.99 Å². The fraction of sp³-hybridized carbons (Fsp3) is 0.107. The Morgan fingerprint density at radius 3 is 2.19 bits per heavy atom. The van der Waals surface area contributed by atoms with Crippen LogP contribution in [0.5, 0.6) is 0 Å². The van der Waals surface area contributed by atoms with Crippen LogP contribution in [0.2, 0.25) is 0 Å². The lowest BCUT2D eigenvalue weighted by Crippen LogP contribution is -2.33. The SMILES string of the molecule is Cc1ccc(C=Nc2cc3c(cc2C)nc2ccc(C)cc2[n+]3-c2ccccc2)cc1. The third-order valence-electron chi connectivity index (χ3n) is 5.59. The lowest BCUT2D eigenvalue weighted by molar-refractivity contribution is -0.538. The van der Waals surface area contributed by atoms with Crippen molar-refractivity contribution in [2.75, 3.05) is 0 Å². The minimum atomic E-state index is 0.951. The van der Waals surface area contributed by atoms with Crippen LogP contribution in [0.1, 0.15) is 22.3 Å².